The van der Waals surface area contributed by atoms with Crippen molar-refractivity contribution in [2.24, 2.45) is 5.73 Å². The van der Waals surface area contributed by atoms with Crippen molar-refractivity contribution in [1.82, 2.24) is 4.57 Å². The number of nitrogens with zero attached hydrogens (tertiary/aromatic N) is 3. The molecule has 35 heavy (non-hydrogen) atoms. The van der Waals surface area contributed by atoms with Crippen LogP contribution in [0.1, 0.15) is 27.9 Å². The SMILES string of the molecule is C=CCn1c(C)cc2c(c1=O)C1(C(=O)N(Cc3ccccc3C)c3ccccc31)C(C#N)=C(N)O2. The van der Waals surface area contributed by atoms with Gasteiger partial charge in [0.25, 0.3) is 5.56 Å². The number of fused-ring (bicyclic) bond motifs is 4. The highest BCUT2D eigenvalue weighted by Crippen LogP contribution is 2.54. The van der Waals surface area contributed by atoms with E-state index < -0.39 is 16.9 Å². The van der Waals surface area contributed by atoms with Crippen LogP contribution in [0.15, 0.2) is 83.5 Å². The van der Waals surface area contributed by atoms with Gasteiger partial charge in [-0.05, 0) is 31.0 Å². The van der Waals surface area contributed by atoms with Crippen molar-refractivity contribution in [3.63, 3.8) is 0 Å². The summed E-state index contributed by atoms with van der Waals surface area (Å²) in [6.07, 6.45) is 1.61. The Balaban J connectivity index is 1.86. The largest absolute Gasteiger partial charge is 0.440 e. The minimum Gasteiger partial charge on any atom is -0.440 e. The molecule has 2 aliphatic heterocycles. The van der Waals surface area contributed by atoms with E-state index in [-0.39, 0.29) is 35.9 Å². The highest BCUT2D eigenvalue weighted by atomic mass is 16.5. The van der Waals surface area contributed by atoms with E-state index in [0.717, 1.165) is 11.1 Å². The lowest BCUT2D eigenvalue weighted by Crippen LogP contribution is -2.49. The second-order valence-electron chi connectivity index (χ2n) is 8.77. The topological polar surface area (TPSA) is 101 Å². The maximum atomic E-state index is 14.5. The Morgan fingerprint density at radius 1 is 1.14 bits per heavy atom. The fraction of sp³-hybridized carbons (Fsp3) is 0.179. The Morgan fingerprint density at radius 2 is 1.86 bits per heavy atom. The molecule has 2 aromatic carbocycles. The van der Waals surface area contributed by atoms with Gasteiger partial charge >= 0.3 is 0 Å². The van der Waals surface area contributed by atoms with E-state index in [1.165, 1.54) is 4.57 Å². The zero-order valence-corrected chi connectivity index (χ0v) is 19.5. The zero-order chi connectivity index (χ0) is 24.9. The van der Waals surface area contributed by atoms with Gasteiger partial charge in [-0.1, -0.05) is 48.5 Å². The molecule has 1 spiro atoms. The molecule has 1 aromatic heterocycles. The quantitative estimate of drug-likeness (QED) is 0.595. The number of carbonyl (C=O) groups is 1. The second-order valence-corrected chi connectivity index (χ2v) is 8.77. The molecule has 3 heterocycles. The summed E-state index contributed by atoms with van der Waals surface area (Å²) >= 11 is 0. The summed E-state index contributed by atoms with van der Waals surface area (Å²) in [7, 11) is 0. The van der Waals surface area contributed by atoms with Gasteiger partial charge in [0.2, 0.25) is 11.8 Å². The van der Waals surface area contributed by atoms with E-state index in [9.17, 15) is 14.9 Å². The first-order chi connectivity index (χ1) is 16.9. The summed E-state index contributed by atoms with van der Waals surface area (Å²) < 4.78 is 7.30. The van der Waals surface area contributed by atoms with Gasteiger partial charge < -0.3 is 19.9 Å². The van der Waals surface area contributed by atoms with Crippen molar-refractivity contribution in [2.45, 2.75) is 32.4 Å². The predicted molar refractivity (Wildman–Crippen MR) is 133 cm³/mol. The number of anilines is 1. The van der Waals surface area contributed by atoms with E-state index in [2.05, 4.69) is 12.6 Å². The highest BCUT2D eigenvalue weighted by molar-refractivity contribution is 6.14. The molecular formula is C28H24N4O3. The van der Waals surface area contributed by atoms with Crippen LogP contribution in [0.4, 0.5) is 5.69 Å². The number of allylic oxidation sites excluding steroid dienone is 1. The number of pyridine rings is 1. The molecule has 0 saturated carbocycles. The molecule has 1 unspecified atom stereocenters. The molecule has 2 N–H and O–H groups in total. The summed E-state index contributed by atoms with van der Waals surface area (Å²) in [5, 5.41) is 10.2. The van der Waals surface area contributed by atoms with Crippen molar-refractivity contribution in [3.8, 4) is 11.8 Å². The van der Waals surface area contributed by atoms with Gasteiger partial charge in [-0.15, -0.1) is 6.58 Å². The molecule has 0 aliphatic carbocycles. The highest BCUT2D eigenvalue weighted by Gasteiger charge is 2.60. The van der Waals surface area contributed by atoms with E-state index in [4.69, 9.17) is 10.5 Å². The molecule has 0 saturated heterocycles. The molecule has 5 rings (SSSR count). The molecule has 0 bridgehead atoms. The van der Waals surface area contributed by atoms with Crippen LogP contribution in [0.25, 0.3) is 0 Å². The molecule has 1 atom stereocenters. The summed E-state index contributed by atoms with van der Waals surface area (Å²) in [6, 6.07) is 18.8. The molecule has 7 heteroatoms. The van der Waals surface area contributed by atoms with Crippen LogP contribution in [0.5, 0.6) is 5.75 Å². The fourth-order valence-electron chi connectivity index (χ4n) is 5.19. The number of nitrogens with two attached hydrogens (primary N) is 1. The smallest absolute Gasteiger partial charge is 0.259 e. The third-order valence-electron chi connectivity index (χ3n) is 6.87. The first-order valence-corrected chi connectivity index (χ1v) is 11.3. The molecule has 7 nitrogen and oxygen atoms in total. The Labute approximate surface area is 203 Å². The summed E-state index contributed by atoms with van der Waals surface area (Å²) in [4.78, 5) is 30.1. The Bertz CT molecular complexity index is 1540. The lowest BCUT2D eigenvalue weighted by Gasteiger charge is -2.34. The van der Waals surface area contributed by atoms with E-state index in [0.29, 0.717) is 16.9 Å². The van der Waals surface area contributed by atoms with Gasteiger partial charge in [0.05, 0.1) is 12.1 Å². The van der Waals surface area contributed by atoms with E-state index >= 15 is 0 Å². The lowest BCUT2D eigenvalue weighted by atomic mass is 9.69. The maximum absolute atomic E-state index is 14.5. The van der Waals surface area contributed by atoms with Crippen molar-refractivity contribution < 1.29 is 9.53 Å². The van der Waals surface area contributed by atoms with Crippen LogP contribution in [0.3, 0.4) is 0 Å². The molecule has 3 aromatic rings. The molecule has 174 valence electrons. The van der Waals surface area contributed by atoms with Crippen molar-refractivity contribution >= 4 is 11.6 Å². The van der Waals surface area contributed by atoms with Gasteiger partial charge in [0.1, 0.15) is 17.4 Å². The van der Waals surface area contributed by atoms with Crippen LogP contribution in [-0.2, 0) is 23.3 Å². The fourth-order valence-corrected chi connectivity index (χ4v) is 5.19. The Kier molecular flexibility index (Phi) is 5.10. The number of nitriles is 1. The van der Waals surface area contributed by atoms with Gasteiger partial charge in [0, 0.05) is 29.6 Å². The lowest BCUT2D eigenvalue weighted by molar-refractivity contribution is -0.121. The number of amides is 1. The molecular weight excluding hydrogens is 440 g/mol. The van der Waals surface area contributed by atoms with Crippen LogP contribution < -0.4 is 20.9 Å². The summed E-state index contributed by atoms with van der Waals surface area (Å²) in [5.41, 5.74) is 7.92. The third-order valence-corrected chi connectivity index (χ3v) is 6.87. The van der Waals surface area contributed by atoms with Gasteiger partial charge in [-0.2, -0.15) is 5.26 Å². The van der Waals surface area contributed by atoms with E-state index in [1.54, 1.807) is 36.1 Å². The van der Waals surface area contributed by atoms with Crippen LogP contribution in [0.2, 0.25) is 0 Å². The van der Waals surface area contributed by atoms with Crippen molar-refractivity contribution in [2.75, 3.05) is 4.90 Å². The van der Waals surface area contributed by atoms with Gasteiger partial charge in [-0.25, -0.2) is 0 Å². The number of para-hydroxylation sites is 1. The molecule has 2 aliphatic rings. The number of aromatic nitrogens is 1. The Hall–Kier alpha value is -4.57. The summed E-state index contributed by atoms with van der Waals surface area (Å²) in [5.74, 6) is -0.400. The molecule has 0 radical (unpaired) electrons. The number of aryl methyl sites for hydroxylation is 2. The minimum atomic E-state index is -1.71. The van der Waals surface area contributed by atoms with Crippen molar-refractivity contribution in [3.05, 3.63) is 117 Å². The van der Waals surface area contributed by atoms with E-state index in [1.807, 2.05) is 43.3 Å². The number of hydrogen-bond acceptors (Lipinski definition) is 5. The molecule has 1 amide bonds. The zero-order valence-electron chi connectivity index (χ0n) is 19.5. The number of carbonyl (C=O) groups excluding carboxylic acids is 1. The monoisotopic (exact) mass is 464 g/mol. The normalized spacial score (nSPS) is 18.2. The van der Waals surface area contributed by atoms with Crippen molar-refractivity contribution in [1.29, 1.82) is 5.26 Å². The maximum Gasteiger partial charge on any atom is 0.259 e. The molecule has 0 fully saturated rings. The number of hydrogen-bond donors (Lipinski definition) is 1. The predicted octanol–water partition coefficient (Wildman–Crippen LogP) is 3.57. The average Bonchev–Trinajstić information content (AvgIpc) is 3.07. The number of ether oxygens (including phenoxy) is 1. The van der Waals surface area contributed by atoms with Crippen LogP contribution in [0, 0.1) is 25.2 Å². The standard InChI is InChI=1S/C28H24N4O3/c1-4-13-31-18(3)14-23-24(26(31)33)28(21(15-29)25(30)35-23)20-11-7-8-12-22(20)32(27(28)34)16-19-10-6-5-9-17(19)2/h4-12,14H,1,13,16,30H2,2-3H3. The van der Waals surface area contributed by atoms with Crippen LogP contribution in [-0.4, -0.2) is 10.5 Å². The third kappa shape index (κ3) is 2.96. The van der Waals surface area contributed by atoms with Gasteiger partial charge in [-0.3, -0.25) is 9.59 Å². The number of benzene rings is 2. The first kappa shape index (κ1) is 22.2. The second kappa shape index (κ2) is 8.03. The minimum absolute atomic E-state index is 0.0826. The number of rotatable bonds is 4. The van der Waals surface area contributed by atoms with Gasteiger partial charge in [0.15, 0.2) is 5.41 Å². The average molecular weight is 465 g/mol. The first-order valence-electron chi connectivity index (χ1n) is 11.3. The Morgan fingerprint density at radius 3 is 2.57 bits per heavy atom. The van der Waals surface area contributed by atoms with Crippen LogP contribution >= 0.6 is 0 Å². The summed E-state index contributed by atoms with van der Waals surface area (Å²) in [6.45, 7) is 8.04.